The van der Waals surface area contributed by atoms with Gasteiger partial charge in [-0.05, 0) is 0 Å². The van der Waals surface area contributed by atoms with Crippen LogP contribution in [0.4, 0.5) is 0 Å². The van der Waals surface area contributed by atoms with Crippen LogP contribution in [0.1, 0.15) is 61.2 Å². The van der Waals surface area contributed by atoms with E-state index in [2.05, 4.69) is 114 Å². The summed E-state index contributed by atoms with van der Waals surface area (Å²) < 4.78 is 2.47. The van der Waals surface area contributed by atoms with Crippen molar-refractivity contribution in [1.29, 1.82) is 0 Å². The summed E-state index contributed by atoms with van der Waals surface area (Å²) in [5.74, 6) is 0. The molecule has 2 heteroatoms. The van der Waals surface area contributed by atoms with Gasteiger partial charge in [-0.3, -0.25) is 0 Å². The topological polar surface area (TPSA) is 0 Å². The molecule has 2 unspecified atom stereocenters. The van der Waals surface area contributed by atoms with E-state index in [1.165, 1.54) is 32.5 Å². The number of rotatable bonds is 4. The average molecular weight is 456 g/mol. The standard InChI is InChI=1S/2C11H11.C7H7.H2Si.Ti/c2*1-8-6-10-5-3-4-9(2)11(10)7-8;1-7-5-3-2-4-6-7;;/h2*3-7H,1-2H3;2-6H,1H2;1H2;. The van der Waals surface area contributed by atoms with E-state index in [9.17, 15) is 0 Å². The fourth-order valence-corrected chi connectivity index (χ4v) is 20.5. The van der Waals surface area contributed by atoms with E-state index in [0.717, 1.165) is 0 Å². The van der Waals surface area contributed by atoms with Crippen LogP contribution in [0.2, 0.25) is 0 Å². The molecule has 5 rings (SSSR count). The molecule has 0 bridgehead atoms. The van der Waals surface area contributed by atoms with Crippen molar-refractivity contribution in [2.75, 3.05) is 0 Å². The average Bonchev–Trinajstić information content (AvgIpc) is 3.27. The van der Waals surface area contributed by atoms with Crippen LogP contribution in [0, 0.1) is 13.8 Å². The summed E-state index contributed by atoms with van der Waals surface area (Å²) in [6.45, 7) is 9.34. The molecule has 0 amide bonds. The molecule has 0 heterocycles. The molecule has 0 spiro atoms. The molecule has 2 aliphatic rings. The Morgan fingerprint density at radius 1 is 0.645 bits per heavy atom. The Bertz CT molecular complexity index is 1200. The van der Waals surface area contributed by atoms with Crippen LogP contribution < -0.4 is 0 Å². The molecule has 3 aromatic carbocycles. The van der Waals surface area contributed by atoms with Crippen molar-refractivity contribution in [2.24, 2.45) is 0 Å². The molecule has 0 nitrogen and oxygen atoms in total. The van der Waals surface area contributed by atoms with E-state index in [1.54, 1.807) is 22.3 Å². The van der Waals surface area contributed by atoms with Crippen molar-refractivity contribution in [3.8, 4) is 0 Å². The van der Waals surface area contributed by atoms with Gasteiger partial charge < -0.3 is 0 Å². The molecule has 0 radical (unpaired) electrons. The summed E-state index contributed by atoms with van der Waals surface area (Å²) in [5, 5.41) is 0. The van der Waals surface area contributed by atoms with Crippen molar-refractivity contribution < 1.29 is 15.3 Å². The second kappa shape index (κ2) is 7.89. The summed E-state index contributed by atoms with van der Waals surface area (Å²) in [6, 6.07) is 25.2. The predicted molar refractivity (Wildman–Crippen MR) is 134 cm³/mol. The summed E-state index contributed by atoms with van der Waals surface area (Å²) in [4.78, 5) is 0. The number of benzene rings is 3. The van der Waals surface area contributed by atoms with E-state index in [-0.39, 0.29) is 0 Å². The molecule has 0 N–H and O–H groups in total. The Labute approximate surface area is 192 Å². The third-order valence-corrected chi connectivity index (χ3v) is 19.6. The molecule has 2 aliphatic carbocycles. The summed E-state index contributed by atoms with van der Waals surface area (Å²) in [7, 11) is 2.44. The van der Waals surface area contributed by atoms with Crippen LogP contribution in [-0.2, 0) is 20.1 Å². The Kier molecular flexibility index (Phi) is 5.33. The van der Waals surface area contributed by atoms with Gasteiger partial charge in [0.1, 0.15) is 0 Å². The quantitative estimate of drug-likeness (QED) is 0.379. The van der Waals surface area contributed by atoms with Crippen LogP contribution in [0.3, 0.4) is 0 Å². The Hall–Kier alpha value is -1.93. The van der Waals surface area contributed by atoms with Crippen molar-refractivity contribution >= 4 is 19.8 Å². The number of hydrogen-bond acceptors (Lipinski definition) is 0. The fraction of sp³-hybridized carbons (Fsp3) is 0.241. The van der Waals surface area contributed by atoms with Crippen LogP contribution in [0.5, 0.6) is 0 Å². The van der Waals surface area contributed by atoms with E-state index < -0.39 is 15.3 Å². The zero-order valence-corrected chi connectivity index (χ0v) is 22.1. The van der Waals surface area contributed by atoms with Crippen LogP contribution in [0.15, 0.2) is 77.9 Å². The first-order chi connectivity index (χ1) is 14.9. The predicted octanol–water partition coefficient (Wildman–Crippen LogP) is 6.82. The number of aryl methyl sites for hydroxylation is 2. The second-order valence-corrected chi connectivity index (χ2v) is 21.3. The minimum absolute atomic E-state index is 0.605. The first-order valence-corrected chi connectivity index (χ1v) is 18.3. The molecule has 0 fully saturated rings. The first-order valence-electron chi connectivity index (χ1n) is 11.3. The van der Waals surface area contributed by atoms with Crippen molar-refractivity contribution in [3.05, 3.63) is 117 Å². The Morgan fingerprint density at radius 2 is 1.13 bits per heavy atom. The number of hydrogen-bond donors (Lipinski definition) is 0. The molecule has 3 aromatic rings. The van der Waals surface area contributed by atoms with E-state index >= 15 is 0 Å². The van der Waals surface area contributed by atoms with Gasteiger partial charge in [-0.25, -0.2) is 0 Å². The van der Waals surface area contributed by atoms with Crippen LogP contribution >= 0.6 is 0 Å². The fourth-order valence-electron chi connectivity index (χ4n) is 6.29. The molecular weight excluding hydrogens is 424 g/mol. The van der Waals surface area contributed by atoms with Gasteiger partial charge in [-0.2, -0.15) is 0 Å². The SMILES string of the molecule is CC1=Cc2c(C)cccc2[CH]1[Ti](=[SiH2])([CH2]c1ccccc1)[CH]1C(C)=Cc2c(C)cccc21. The zero-order chi connectivity index (χ0) is 21.8. The van der Waals surface area contributed by atoms with Gasteiger partial charge in [0.2, 0.25) is 0 Å². The van der Waals surface area contributed by atoms with Crippen molar-refractivity contribution in [1.82, 2.24) is 0 Å². The van der Waals surface area contributed by atoms with Crippen molar-refractivity contribution in [2.45, 2.75) is 40.9 Å². The van der Waals surface area contributed by atoms with Gasteiger partial charge in [0.05, 0.1) is 0 Å². The van der Waals surface area contributed by atoms with Gasteiger partial charge in [-0.1, -0.05) is 0 Å². The van der Waals surface area contributed by atoms with Gasteiger partial charge >= 0.3 is 193 Å². The Balaban J connectivity index is 1.73. The summed E-state index contributed by atoms with van der Waals surface area (Å²) in [6.07, 6.45) is 5.00. The van der Waals surface area contributed by atoms with Crippen molar-refractivity contribution in [3.63, 3.8) is 0 Å². The zero-order valence-electron chi connectivity index (χ0n) is 19.1. The number of allylic oxidation sites excluding steroid dienone is 2. The van der Waals surface area contributed by atoms with E-state index in [4.69, 9.17) is 0 Å². The van der Waals surface area contributed by atoms with Gasteiger partial charge in [0, 0.05) is 0 Å². The minimum atomic E-state index is -2.60. The van der Waals surface area contributed by atoms with E-state index in [0.29, 0.717) is 8.45 Å². The summed E-state index contributed by atoms with van der Waals surface area (Å²) in [5.41, 5.74) is 13.7. The third-order valence-electron chi connectivity index (χ3n) is 7.52. The second-order valence-electron chi connectivity index (χ2n) is 9.69. The molecule has 2 atom stereocenters. The molecule has 0 aromatic heterocycles. The Morgan fingerprint density at radius 3 is 1.61 bits per heavy atom. The van der Waals surface area contributed by atoms with E-state index in [1.807, 2.05) is 0 Å². The van der Waals surface area contributed by atoms with Crippen LogP contribution in [0.25, 0.3) is 12.2 Å². The summed E-state index contributed by atoms with van der Waals surface area (Å²) >= 11 is -2.60. The van der Waals surface area contributed by atoms with Gasteiger partial charge in [0.25, 0.3) is 0 Å². The van der Waals surface area contributed by atoms with Gasteiger partial charge in [-0.15, -0.1) is 0 Å². The maximum absolute atomic E-state index is 2.60. The number of fused-ring (bicyclic) bond motifs is 2. The molecule has 0 saturated carbocycles. The first kappa shape index (κ1) is 20.9. The molecule has 0 aliphatic heterocycles. The molecule has 31 heavy (non-hydrogen) atoms. The normalized spacial score (nSPS) is 21.2. The third kappa shape index (κ3) is 3.39. The molecule has 155 valence electrons. The molecular formula is C29H31SiTi. The van der Waals surface area contributed by atoms with Gasteiger partial charge in [0.15, 0.2) is 0 Å². The van der Waals surface area contributed by atoms with Crippen LogP contribution in [-0.4, -0.2) is 7.63 Å². The monoisotopic (exact) mass is 455 g/mol. The molecule has 0 saturated heterocycles. The maximum atomic E-state index is 2.50.